The molecule has 0 aromatic heterocycles. The molecule has 4 rings (SSSR count). The van der Waals surface area contributed by atoms with Gasteiger partial charge in [-0.25, -0.2) is 0 Å². The molecular weight excluding hydrogens is 396 g/mol. The van der Waals surface area contributed by atoms with E-state index in [1.54, 1.807) is 6.92 Å². The van der Waals surface area contributed by atoms with Crippen LogP contribution in [0.4, 0.5) is 0 Å². The normalized spacial score (nSPS) is 27.6. The first-order valence-electron chi connectivity index (χ1n) is 11.4. The number of nitrogens with zero attached hydrogens (tertiary/aromatic N) is 1. The van der Waals surface area contributed by atoms with Crippen molar-refractivity contribution in [3.8, 4) is 0 Å². The van der Waals surface area contributed by atoms with Crippen molar-refractivity contribution in [2.75, 3.05) is 32.8 Å². The molecular formula is C24H36N2O5. The summed E-state index contributed by atoms with van der Waals surface area (Å²) in [6, 6.07) is 10.5. The molecule has 7 heteroatoms. The SMILES string of the molecule is CC(=O)N[C@@H]1C[C@@H]2CN(CCOCc3ccccc3)C[C@@H]2C[C@H]1OCC1CC1.O=CO. The van der Waals surface area contributed by atoms with Gasteiger partial charge < -0.3 is 24.8 Å². The molecule has 0 spiro atoms. The van der Waals surface area contributed by atoms with E-state index >= 15 is 0 Å². The van der Waals surface area contributed by atoms with Gasteiger partial charge in [0.15, 0.2) is 0 Å². The van der Waals surface area contributed by atoms with Crippen LogP contribution in [0.5, 0.6) is 0 Å². The lowest BCUT2D eigenvalue weighted by molar-refractivity contribution is -0.123. The van der Waals surface area contributed by atoms with Gasteiger partial charge in [0, 0.05) is 33.2 Å². The maximum absolute atomic E-state index is 11.7. The molecule has 1 saturated heterocycles. The minimum Gasteiger partial charge on any atom is -0.483 e. The summed E-state index contributed by atoms with van der Waals surface area (Å²) in [5, 5.41) is 10.1. The smallest absolute Gasteiger partial charge is 0.290 e. The van der Waals surface area contributed by atoms with E-state index in [-0.39, 0.29) is 24.5 Å². The molecule has 172 valence electrons. The highest BCUT2D eigenvalue weighted by Crippen LogP contribution is 2.38. The van der Waals surface area contributed by atoms with Gasteiger partial charge in [0.05, 0.1) is 25.4 Å². The molecule has 7 nitrogen and oxygen atoms in total. The zero-order chi connectivity index (χ0) is 22.1. The largest absolute Gasteiger partial charge is 0.483 e. The van der Waals surface area contributed by atoms with Crippen molar-refractivity contribution >= 4 is 12.4 Å². The van der Waals surface area contributed by atoms with E-state index in [2.05, 4.69) is 34.5 Å². The highest BCUT2D eigenvalue weighted by molar-refractivity contribution is 5.73. The standard InChI is InChI=1S/C23H34N2O3.CH2O2/c1-17(26)24-22-11-20-13-25(9-10-27-15-18-5-3-2-4-6-18)14-21(20)12-23(22)28-16-19-7-8-19;2-1-3/h2-6,19-23H,7-16H2,1H3,(H,24,26);1H,(H,2,3)/t20-,21+,22-,23-;/m1./s1. The van der Waals surface area contributed by atoms with E-state index < -0.39 is 0 Å². The van der Waals surface area contributed by atoms with Crippen LogP contribution in [0.3, 0.4) is 0 Å². The summed E-state index contributed by atoms with van der Waals surface area (Å²) in [7, 11) is 0. The van der Waals surface area contributed by atoms with Crippen LogP contribution in [-0.4, -0.2) is 67.4 Å². The van der Waals surface area contributed by atoms with E-state index in [0.717, 1.165) is 51.6 Å². The molecule has 3 aliphatic rings. The lowest BCUT2D eigenvalue weighted by Crippen LogP contribution is -2.50. The zero-order valence-corrected chi connectivity index (χ0v) is 18.4. The number of fused-ring (bicyclic) bond motifs is 1. The Hall–Kier alpha value is -1.96. The van der Waals surface area contributed by atoms with Gasteiger partial charge >= 0.3 is 0 Å². The first-order chi connectivity index (χ1) is 15.1. The quantitative estimate of drug-likeness (QED) is 0.461. The molecule has 0 bridgehead atoms. The Morgan fingerprint density at radius 1 is 1.19 bits per heavy atom. The Morgan fingerprint density at radius 3 is 2.52 bits per heavy atom. The highest BCUT2D eigenvalue weighted by atomic mass is 16.5. The van der Waals surface area contributed by atoms with Gasteiger partial charge in [-0.2, -0.15) is 0 Å². The first-order valence-corrected chi connectivity index (χ1v) is 11.4. The summed E-state index contributed by atoms with van der Waals surface area (Å²) in [6.07, 6.45) is 4.91. The number of rotatable bonds is 9. The third kappa shape index (κ3) is 7.91. The van der Waals surface area contributed by atoms with Crippen molar-refractivity contribution in [2.24, 2.45) is 17.8 Å². The van der Waals surface area contributed by atoms with Crippen LogP contribution in [-0.2, 0) is 25.7 Å². The average Bonchev–Trinajstić information content (AvgIpc) is 3.49. The number of hydrogen-bond acceptors (Lipinski definition) is 5. The van der Waals surface area contributed by atoms with E-state index in [1.165, 1.54) is 18.4 Å². The molecule has 1 aromatic carbocycles. The molecule has 4 atom stereocenters. The average molecular weight is 433 g/mol. The predicted molar refractivity (Wildman–Crippen MR) is 118 cm³/mol. The van der Waals surface area contributed by atoms with E-state index in [0.29, 0.717) is 18.4 Å². The molecule has 31 heavy (non-hydrogen) atoms. The second-order valence-electron chi connectivity index (χ2n) is 9.02. The number of carboxylic acid groups (broad SMARTS) is 1. The third-order valence-electron chi connectivity index (χ3n) is 6.49. The number of amides is 1. The predicted octanol–water partition coefficient (Wildman–Crippen LogP) is 2.55. The Kier molecular flexibility index (Phi) is 9.31. The van der Waals surface area contributed by atoms with E-state index in [1.807, 2.05) is 6.07 Å². The monoisotopic (exact) mass is 432 g/mol. The summed E-state index contributed by atoms with van der Waals surface area (Å²) in [4.78, 5) is 22.6. The molecule has 0 radical (unpaired) electrons. The van der Waals surface area contributed by atoms with Gasteiger partial charge in [-0.15, -0.1) is 0 Å². The number of benzene rings is 1. The summed E-state index contributed by atoms with van der Waals surface area (Å²) >= 11 is 0. The summed E-state index contributed by atoms with van der Waals surface area (Å²) in [5.41, 5.74) is 1.23. The fraction of sp³-hybridized carbons (Fsp3) is 0.667. The zero-order valence-electron chi connectivity index (χ0n) is 18.4. The van der Waals surface area contributed by atoms with Crippen LogP contribution in [0, 0.1) is 17.8 Å². The van der Waals surface area contributed by atoms with E-state index in [4.69, 9.17) is 19.4 Å². The molecule has 1 aliphatic heterocycles. The Bertz CT molecular complexity index is 682. The van der Waals surface area contributed by atoms with Gasteiger partial charge in [-0.3, -0.25) is 9.59 Å². The van der Waals surface area contributed by atoms with Gasteiger partial charge in [0.1, 0.15) is 0 Å². The number of hydrogen-bond donors (Lipinski definition) is 2. The van der Waals surface area contributed by atoms with E-state index in [9.17, 15) is 4.79 Å². The van der Waals surface area contributed by atoms with Crippen LogP contribution in [0.15, 0.2) is 30.3 Å². The summed E-state index contributed by atoms with van der Waals surface area (Å²) in [6.45, 7) is 6.93. The van der Waals surface area contributed by atoms with Crippen LogP contribution < -0.4 is 5.32 Å². The second-order valence-corrected chi connectivity index (χ2v) is 9.02. The lowest BCUT2D eigenvalue weighted by atomic mass is 9.77. The fourth-order valence-electron chi connectivity index (χ4n) is 4.79. The molecule has 1 aromatic rings. The Labute approximate surface area is 185 Å². The summed E-state index contributed by atoms with van der Waals surface area (Å²) in [5.74, 6) is 2.17. The highest BCUT2D eigenvalue weighted by Gasteiger charge is 2.43. The van der Waals surface area contributed by atoms with Gasteiger partial charge in [0.2, 0.25) is 5.91 Å². The van der Waals surface area contributed by atoms with Crippen molar-refractivity contribution in [3.63, 3.8) is 0 Å². The Morgan fingerprint density at radius 2 is 1.87 bits per heavy atom. The number of ether oxygens (including phenoxy) is 2. The number of nitrogens with one attached hydrogen (secondary N) is 1. The maximum Gasteiger partial charge on any atom is 0.290 e. The van der Waals surface area contributed by atoms with Crippen molar-refractivity contribution in [2.45, 2.75) is 51.4 Å². The molecule has 1 heterocycles. The van der Waals surface area contributed by atoms with Crippen LogP contribution >= 0.6 is 0 Å². The third-order valence-corrected chi connectivity index (χ3v) is 6.49. The lowest BCUT2D eigenvalue weighted by Gasteiger charge is -2.38. The van der Waals surface area contributed by atoms with Gasteiger partial charge in [-0.05, 0) is 49.0 Å². The minimum absolute atomic E-state index is 0.0626. The minimum atomic E-state index is -0.250. The molecule has 2 saturated carbocycles. The molecule has 1 amide bonds. The van der Waals surface area contributed by atoms with Crippen LogP contribution in [0.1, 0.15) is 38.2 Å². The van der Waals surface area contributed by atoms with Crippen LogP contribution in [0.2, 0.25) is 0 Å². The molecule has 2 N–H and O–H groups in total. The number of likely N-dealkylation sites (tertiary alicyclic amines) is 1. The second kappa shape index (κ2) is 12.2. The van der Waals surface area contributed by atoms with Crippen molar-refractivity contribution < 1.29 is 24.2 Å². The number of carbonyl (C=O) groups excluding carboxylic acids is 1. The van der Waals surface area contributed by atoms with Gasteiger partial charge in [-0.1, -0.05) is 30.3 Å². The fourth-order valence-corrected chi connectivity index (χ4v) is 4.79. The van der Waals surface area contributed by atoms with Crippen molar-refractivity contribution in [1.82, 2.24) is 10.2 Å². The topological polar surface area (TPSA) is 88.1 Å². The molecule has 2 aliphatic carbocycles. The number of carbonyl (C=O) groups is 2. The first kappa shape index (κ1) is 23.7. The van der Waals surface area contributed by atoms with Crippen molar-refractivity contribution in [1.29, 1.82) is 0 Å². The van der Waals surface area contributed by atoms with Crippen molar-refractivity contribution in [3.05, 3.63) is 35.9 Å². The Balaban J connectivity index is 0.000000858. The van der Waals surface area contributed by atoms with Gasteiger partial charge in [0.25, 0.3) is 6.47 Å². The molecule has 0 unspecified atom stereocenters. The maximum atomic E-state index is 11.7. The summed E-state index contributed by atoms with van der Waals surface area (Å²) < 4.78 is 12.1. The molecule has 3 fully saturated rings. The van der Waals surface area contributed by atoms with Crippen LogP contribution in [0.25, 0.3) is 0 Å².